The Hall–Kier alpha value is -1.02. The zero-order chi connectivity index (χ0) is 12.4. The van der Waals surface area contributed by atoms with Gasteiger partial charge in [0.1, 0.15) is 0 Å². The quantitative estimate of drug-likeness (QED) is 0.754. The van der Waals surface area contributed by atoms with Crippen LogP contribution in [0.4, 0.5) is 0 Å². The molecule has 0 radical (unpaired) electrons. The van der Waals surface area contributed by atoms with Crippen LogP contribution in [0.15, 0.2) is 30.3 Å². The van der Waals surface area contributed by atoms with Gasteiger partial charge in [-0.25, -0.2) is 0 Å². The van der Waals surface area contributed by atoms with Crippen molar-refractivity contribution in [3.8, 4) is 0 Å². The van der Waals surface area contributed by atoms with E-state index < -0.39 is 0 Å². The predicted molar refractivity (Wildman–Crippen MR) is 70.2 cm³/mol. The molecule has 1 amide bonds. The van der Waals surface area contributed by atoms with E-state index in [0.29, 0.717) is 11.8 Å². The van der Waals surface area contributed by atoms with Gasteiger partial charge in [0.15, 0.2) is 0 Å². The fraction of sp³-hybridized carbons (Fsp3) is 0.500. The predicted octanol–water partition coefficient (Wildman–Crippen LogP) is 2.88. The van der Waals surface area contributed by atoms with E-state index in [9.17, 15) is 4.79 Å². The van der Waals surface area contributed by atoms with E-state index in [1.165, 1.54) is 5.56 Å². The van der Waals surface area contributed by atoms with Gasteiger partial charge < -0.3 is 4.90 Å². The average molecular weight is 252 g/mol. The summed E-state index contributed by atoms with van der Waals surface area (Å²) in [4.78, 5) is 13.9. The molecule has 1 aliphatic rings. The molecule has 0 aliphatic heterocycles. The lowest BCUT2D eigenvalue weighted by molar-refractivity contribution is -0.132. The van der Waals surface area contributed by atoms with Crippen LogP contribution >= 0.6 is 11.6 Å². The standard InChI is InChI=1S/C14H18ClNO/c1-10(9-15)16(2)14(17)13-8-12(13)11-6-4-3-5-7-11/h3-7,10,12-13H,8-9H2,1-2H3. The number of benzene rings is 1. The number of amides is 1. The topological polar surface area (TPSA) is 20.3 Å². The van der Waals surface area contributed by atoms with Crippen LogP contribution in [-0.4, -0.2) is 29.8 Å². The molecule has 2 nitrogen and oxygen atoms in total. The van der Waals surface area contributed by atoms with Gasteiger partial charge in [-0.1, -0.05) is 30.3 Å². The van der Waals surface area contributed by atoms with Gasteiger partial charge >= 0.3 is 0 Å². The van der Waals surface area contributed by atoms with Gasteiger partial charge in [0, 0.05) is 24.9 Å². The van der Waals surface area contributed by atoms with E-state index in [1.807, 2.05) is 32.2 Å². The molecule has 0 aromatic heterocycles. The van der Waals surface area contributed by atoms with Crippen molar-refractivity contribution < 1.29 is 4.79 Å². The van der Waals surface area contributed by atoms with Crippen LogP contribution < -0.4 is 0 Å². The molecule has 1 aromatic rings. The molecule has 1 aromatic carbocycles. The molecule has 0 spiro atoms. The highest BCUT2D eigenvalue weighted by Gasteiger charge is 2.45. The van der Waals surface area contributed by atoms with E-state index in [4.69, 9.17) is 11.6 Å². The lowest BCUT2D eigenvalue weighted by Gasteiger charge is -2.23. The third-order valence-corrected chi connectivity index (χ3v) is 4.01. The van der Waals surface area contributed by atoms with E-state index in [2.05, 4.69) is 12.1 Å². The fourth-order valence-corrected chi connectivity index (χ4v) is 2.33. The molecular formula is C14H18ClNO. The van der Waals surface area contributed by atoms with Crippen molar-refractivity contribution in [2.45, 2.75) is 25.3 Å². The highest BCUT2D eigenvalue weighted by atomic mass is 35.5. The molecule has 1 aliphatic carbocycles. The molecule has 0 bridgehead atoms. The zero-order valence-electron chi connectivity index (χ0n) is 10.3. The van der Waals surface area contributed by atoms with Crippen LogP contribution in [0, 0.1) is 5.92 Å². The summed E-state index contributed by atoms with van der Waals surface area (Å²) >= 11 is 5.78. The lowest BCUT2D eigenvalue weighted by atomic mass is 10.1. The van der Waals surface area contributed by atoms with Crippen molar-refractivity contribution in [3.63, 3.8) is 0 Å². The van der Waals surface area contributed by atoms with Gasteiger partial charge in [-0.3, -0.25) is 4.79 Å². The number of halogens is 1. The molecule has 1 fully saturated rings. The number of carbonyl (C=O) groups is 1. The van der Waals surface area contributed by atoms with Crippen molar-refractivity contribution in [2.75, 3.05) is 12.9 Å². The molecule has 1 saturated carbocycles. The van der Waals surface area contributed by atoms with Crippen LogP contribution in [0.25, 0.3) is 0 Å². The average Bonchev–Trinajstić information content (AvgIpc) is 3.17. The molecule has 0 N–H and O–H groups in total. The normalized spacial score (nSPS) is 24.2. The first kappa shape index (κ1) is 12.4. The summed E-state index contributed by atoms with van der Waals surface area (Å²) in [7, 11) is 1.84. The highest BCUT2D eigenvalue weighted by Crippen LogP contribution is 2.48. The highest BCUT2D eigenvalue weighted by molar-refractivity contribution is 6.18. The molecule has 3 heteroatoms. The Morgan fingerprint density at radius 2 is 2.12 bits per heavy atom. The molecule has 0 saturated heterocycles. The summed E-state index contributed by atoms with van der Waals surface area (Å²) in [5.41, 5.74) is 1.28. The van der Waals surface area contributed by atoms with Crippen molar-refractivity contribution in [2.24, 2.45) is 5.92 Å². The minimum Gasteiger partial charge on any atom is -0.342 e. The third kappa shape index (κ3) is 2.63. The first-order chi connectivity index (χ1) is 8.15. The van der Waals surface area contributed by atoms with E-state index in [0.717, 1.165) is 6.42 Å². The molecule has 3 unspecified atom stereocenters. The van der Waals surface area contributed by atoms with Crippen LogP contribution in [0.2, 0.25) is 0 Å². The molecule has 92 valence electrons. The Bertz CT molecular complexity index is 392. The molecule has 3 atom stereocenters. The number of hydrogen-bond acceptors (Lipinski definition) is 1. The maximum absolute atomic E-state index is 12.2. The number of hydrogen-bond donors (Lipinski definition) is 0. The van der Waals surface area contributed by atoms with Crippen LogP contribution in [0.3, 0.4) is 0 Å². The smallest absolute Gasteiger partial charge is 0.226 e. The van der Waals surface area contributed by atoms with E-state index in [1.54, 1.807) is 4.90 Å². The number of carbonyl (C=O) groups excluding carboxylic acids is 1. The Balaban J connectivity index is 1.97. The largest absolute Gasteiger partial charge is 0.342 e. The minimum atomic E-state index is 0.112. The Morgan fingerprint density at radius 3 is 2.71 bits per heavy atom. The summed E-state index contributed by atoms with van der Waals surface area (Å²) in [6.07, 6.45) is 0.974. The minimum absolute atomic E-state index is 0.112. The SMILES string of the molecule is CC(CCl)N(C)C(=O)C1CC1c1ccccc1. The van der Waals surface area contributed by atoms with Crippen molar-refractivity contribution in [3.05, 3.63) is 35.9 Å². The van der Waals surface area contributed by atoms with Gasteiger partial charge in [-0.15, -0.1) is 11.6 Å². The summed E-state index contributed by atoms with van der Waals surface area (Å²) in [5, 5.41) is 0. The monoisotopic (exact) mass is 251 g/mol. The first-order valence-electron chi connectivity index (χ1n) is 6.02. The van der Waals surface area contributed by atoms with Crippen molar-refractivity contribution in [1.29, 1.82) is 0 Å². The first-order valence-corrected chi connectivity index (χ1v) is 6.56. The fourth-order valence-electron chi connectivity index (χ4n) is 2.12. The summed E-state index contributed by atoms with van der Waals surface area (Å²) in [5.74, 6) is 1.29. The Labute approximate surface area is 108 Å². The zero-order valence-corrected chi connectivity index (χ0v) is 11.0. The molecule has 17 heavy (non-hydrogen) atoms. The summed E-state index contributed by atoms with van der Waals surface area (Å²) in [6.45, 7) is 1.98. The van der Waals surface area contributed by atoms with Gasteiger partial charge in [0.2, 0.25) is 5.91 Å². The summed E-state index contributed by atoms with van der Waals surface area (Å²) < 4.78 is 0. The number of rotatable bonds is 4. The molecule has 2 rings (SSSR count). The van der Waals surface area contributed by atoms with E-state index >= 15 is 0 Å². The van der Waals surface area contributed by atoms with Crippen molar-refractivity contribution in [1.82, 2.24) is 4.90 Å². The summed E-state index contributed by atoms with van der Waals surface area (Å²) in [6, 6.07) is 10.4. The Kier molecular flexibility index (Phi) is 3.72. The van der Waals surface area contributed by atoms with Crippen LogP contribution in [0.5, 0.6) is 0 Å². The van der Waals surface area contributed by atoms with Crippen LogP contribution in [0.1, 0.15) is 24.8 Å². The van der Waals surface area contributed by atoms with E-state index in [-0.39, 0.29) is 17.9 Å². The molecule has 0 heterocycles. The number of nitrogens with zero attached hydrogens (tertiary/aromatic N) is 1. The third-order valence-electron chi connectivity index (χ3n) is 3.57. The van der Waals surface area contributed by atoms with Gasteiger partial charge in [-0.2, -0.15) is 0 Å². The van der Waals surface area contributed by atoms with Gasteiger partial charge in [0.05, 0.1) is 0 Å². The van der Waals surface area contributed by atoms with Gasteiger partial charge in [0.25, 0.3) is 0 Å². The maximum Gasteiger partial charge on any atom is 0.226 e. The van der Waals surface area contributed by atoms with Crippen LogP contribution in [-0.2, 0) is 4.79 Å². The van der Waals surface area contributed by atoms with Crippen molar-refractivity contribution >= 4 is 17.5 Å². The lowest BCUT2D eigenvalue weighted by Crippen LogP contribution is -2.37. The Morgan fingerprint density at radius 1 is 1.47 bits per heavy atom. The van der Waals surface area contributed by atoms with Gasteiger partial charge in [-0.05, 0) is 24.8 Å². The second kappa shape index (κ2) is 5.09. The second-order valence-corrected chi connectivity index (χ2v) is 5.12. The maximum atomic E-state index is 12.2. The second-order valence-electron chi connectivity index (χ2n) is 4.81. The molecular weight excluding hydrogens is 234 g/mol. The number of alkyl halides is 1.